The molecule has 1 aliphatic heterocycles. The van der Waals surface area contributed by atoms with Gasteiger partial charge in [-0.25, -0.2) is 17.5 Å². The Balaban J connectivity index is 1.46. The number of aliphatic hydroxyl groups excluding tert-OH is 1. The maximum absolute atomic E-state index is 13.1. The van der Waals surface area contributed by atoms with E-state index < -0.39 is 28.0 Å². The van der Waals surface area contributed by atoms with Crippen LogP contribution >= 0.6 is 0 Å². The van der Waals surface area contributed by atoms with Gasteiger partial charge in [-0.2, -0.15) is 0 Å². The van der Waals surface area contributed by atoms with Crippen LogP contribution in [0.1, 0.15) is 25.0 Å². The second-order valence-corrected chi connectivity index (χ2v) is 9.09. The van der Waals surface area contributed by atoms with Gasteiger partial charge in [0.05, 0.1) is 36.2 Å². The molecule has 1 aliphatic rings. The molecule has 3 rings (SSSR count). The van der Waals surface area contributed by atoms with Crippen molar-refractivity contribution < 1.29 is 27.4 Å². The van der Waals surface area contributed by atoms with Crippen LogP contribution in [0.2, 0.25) is 0 Å². The van der Waals surface area contributed by atoms with Gasteiger partial charge in [-0.05, 0) is 55.7 Å². The van der Waals surface area contributed by atoms with Gasteiger partial charge in [-0.3, -0.25) is 9.78 Å². The summed E-state index contributed by atoms with van der Waals surface area (Å²) in [5.74, 6) is -0.665. The first-order chi connectivity index (χ1) is 14.9. The van der Waals surface area contributed by atoms with Crippen LogP contribution in [0.5, 0.6) is 0 Å². The summed E-state index contributed by atoms with van der Waals surface area (Å²) >= 11 is 0. The normalized spacial score (nSPS) is 21.5. The number of nitrogens with zero attached hydrogens (tertiary/aromatic N) is 1. The Kier molecular flexibility index (Phi) is 8.08. The number of hydrogen-bond acceptors (Lipinski definition) is 6. The Bertz CT molecular complexity index is 957. The molecule has 0 saturated carbocycles. The number of carbonyl (C=O) groups is 1. The first-order valence-electron chi connectivity index (χ1n) is 10.1. The number of amides is 1. The lowest BCUT2D eigenvalue weighted by Gasteiger charge is -2.36. The molecule has 2 heterocycles. The van der Waals surface area contributed by atoms with E-state index in [-0.39, 0.29) is 29.9 Å². The van der Waals surface area contributed by atoms with Crippen molar-refractivity contribution in [1.82, 2.24) is 15.0 Å². The lowest BCUT2D eigenvalue weighted by molar-refractivity contribution is -0.121. The molecule has 0 aliphatic carbocycles. The SMILES string of the molecule is O=C(Cc1ccccn1)NCC[C@@H]1CC[C@@H](NS(=O)(=O)c2ccc(F)cc2)[C@H](CO)O1. The molecule has 0 unspecified atom stereocenters. The van der Waals surface area contributed by atoms with Crippen molar-refractivity contribution in [2.24, 2.45) is 0 Å². The number of halogens is 1. The van der Waals surface area contributed by atoms with Crippen LogP contribution in [0.4, 0.5) is 4.39 Å². The fourth-order valence-electron chi connectivity index (χ4n) is 3.46. The van der Waals surface area contributed by atoms with Crippen molar-refractivity contribution in [2.75, 3.05) is 13.2 Å². The van der Waals surface area contributed by atoms with E-state index in [9.17, 15) is 22.7 Å². The van der Waals surface area contributed by atoms with Crippen LogP contribution in [0.3, 0.4) is 0 Å². The Labute approximate surface area is 180 Å². The average molecular weight is 452 g/mol. The molecular weight excluding hydrogens is 425 g/mol. The lowest BCUT2D eigenvalue weighted by atomic mass is 9.98. The predicted octanol–water partition coefficient (Wildman–Crippen LogP) is 1.16. The summed E-state index contributed by atoms with van der Waals surface area (Å²) in [7, 11) is -3.87. The van der Waals surface area contributed by atoms with Crippen molar-refractivity contribution in [2.45, 2.75) is 48.8 Å². The molecule has 3 N–H and O–H groups in total. The van der Waals surface area contributed by atoms with Gasteiger partial charge in [-0.15, -0.1) is 0 Å². The Morgan fingerprint density at radius 3 is 2.65 bits per heavy atom. The highest BCUT2D eigenvalue weighted by atomic mass is 32.2. The third-order valence-corrected chi connectivity index (χ3v) is 6.59. The monoisotopic (exact) mass is 451 g/mol. The zero-order valence-corrected chi connectivity index (χ0v) is 17.7. The lowest BCUT2D eigenvalue weighted by Crippen LogP contribution is -2.51. The molecule has 1 aromatic carbocycles. The van der Waals surface area contributed by atoms with Crippen LogP contribution in [0.15, 0.2) is 53.6 Å². The fourth-order valence-corrected chi connectivity index (χ4v) is 4.76. The third kappa shape index (κ3) is 6.79. The molecule has 0 bridgehead atoms. The molecule has 1 amide bonds. The first kappa shape index (κ1) is 23.3. The summed E-state index contributed by atoms with van der Waals surface area (Å²) in [5.41, 5.74) is 0.686. The zero-order chi connectivity index (χ0) is 22.3. The molecule has 168 valence electrons. The van der Waals surface area contributed by atoms with E-state index in [2.05, 4.69) is 15.0 Å². The maximum atomic E-state index is 13.1. The van der Waals surface area contributed by atoms with E-state index in [1.54, 1.807) is 18.3 Å². The number of ether oxygens (including phenoxy) is 1. The van der Waals surface area contributed by atoms with Crippen LogP contribution < -0.4 is 10.0 Å². The summed E-state index contributed by atoms with van der Waals surface area (Å²) in [6, 6.07) is 9.31. The zero-order valence-electron chi connectivity index (χ0n) is 16.9. The highest BCUT2D eigenvalue weighted by Crippen LogP contribution is 2.23. The molecule has 8 nitrogen and oxygen atoms in total. The van der Waals surface area contributed by atoms with E-state index >= 15 is 0 Å². The second kappa shape index (κ2) is 10.8. The number of hydrogen-bond donors (Lipinski definition) is 3. The second-order valence-electron chi connectivity index (χ2n) is 7.37. The fraction of sp³-hybridized carbons (Fsp3) is 0.429. The first-order valence-corrected chi connectivity index (χ1v) is 11.6. The van der Waals surface area contributed by atoms with Crippen molar-refractivity contribution in [3.8, 4) is 0 Å². The summed E-state index contributed by atoms with van der Waals surface area (Å²) in [5, 5.41) is 12.5. The molecule has 31 heavy (non-hydrogen) atoms. The van der Waals surface area contributed by atoms with Gasteiger partial charge < -0.3 is 15.2 Å². The van der Waals surface area contributed by atoms with E-state index in [1.807, 2.05) is 6.07 Å². The van der Waals surface area contributed by atoms with Gasteiger partial charge in [0.2, 0.25) is 15.9 Å². The quantitative estimate of drug-likeness (QED) is 0.527. The Morgan fingerprint density at radius 2 is 1.97 bits per heavy atom. The van der Waals surface area contributed by atoms with Gasteiger partial charge >= 0.3 is 0 Å². The number of benzene rings is 1. The standard InChI is InChI=1S/C21H26FN3O5S/c22-15-4-7-18(8-5-15)31(28,29)25-19-9-6-17(30-20(19)14-26)10-12-24-21(27)13-16-3-1-2-11-23-16/h1-5,7-8,11,17,19-20,25-26H,6,9-10,12-14H2,(H,24,27)/t17-,19+,20-/m0/s1. The van der Waals surface area contributed by atoms with Crippen molar-refractivity contribution in [1.29, 1.82) is 0 Å². The summed E-state index contributed by atoms with van der Waals surface area (Å²) in [6.07, 6.45) is 2.49. The van der Waals surface area contributed by atoms with Gasteiger partial charge in [0.15, 0.2) is 0 Å². The molecule has 1 fully saturated rings. The largest absolute Gasteiger partial charge is 0.394 e. The average Bonchev–Trinajstić information content (AvgIpc) is 2.75. The Morgan fingerprint density at radius 1 is 1.19 bits per heavy atom. The minimum Gasteiger partial charge on any atom is -0.394 e. The topological polar surface area (TPSA) is 118 Å². The molecule has 10 heteroatoms. The number of nitrogens with one attached hydrogen (secondary N) is 2. The molecule has 0 spiro atoms. The minimum absolute atomic E-state index is 0.0525. The molecule has 3 atom stereocenters. The summed E-state index contributed by atoms with van der Waals surface area (Å²) in [4.78, 5) is 16.1. The van der Waals surface area contributed by atoms with Crippen LogP contribution in [-0.4, -0.2) is 55.8 Å². The molecular formula is C21H26FN3O5S. The highest BCUT2D eigenvalue weighted by molar-refractivity contribution is 7.89. The number of sulfonamides is 1. The van der Waals surface area contributed by atoms with Crippen molar-refractivity contribution in [3.05, 3.63) is 60.2 Å². The predicted molar refractivity (Wildman–Crippen MR) is 111 cm³/mol. The van der Waals surface area contributed by atoms with Gasteiger partial charge in [0.25, 0.3) is 0 Å². The number of carbonyl (C=O) groups excluding carboxylic acids is 1. The number of rotatable bonds is 9. The third-order valence-electron chi connectivity index (χ3n) is 5.08. The van der Waals surface area contributed by atoms with E-state index in [0.717, 1.165) is 12.1 Å². The number of aliphatic hydroxyl groups is 1. The van der Waals surface area contributed by atoms with Crippen LogP contribution in [0.25, 0.3) is 0 Å². The van der Waals surface area contributed by atoms with Gasteiger partial charge in [-0.1, -0.05) is 6.07 Å². The molecule has 2 aromatic rings. The summed E-state index contributed by atoms with van der Waals surface area (Å²) < 4.78 is 46.5. The smallest absolute Gasteiger partial charge is 0.240 e. The number of pyridine rings is 1. The van der Waals surface area contributed by atoms with Crippen LogP contribution in [0, 0.1) is 5.82 Å². The van der Waals surface area contributed by atoms with E-state index in [1.165, 1.54) is 12.1 Å². The highest BCUT2D eigenvalue weighted by Gasteiger charge is 2.33. The summed E-state index contributed by atoms with van der Waals surface area (Å²) in [6.45, 7) is 0.0552. The Hall–Kier alpha value is -2.40. The van der Waals surface area contributed by atoms with E-state index in [0.29, 0.717) is 31.5 Å². The maximum Gasteiger partial charge on any atom is 0.240 e. The minimum atomic E-state index is -3.87. The molecule has 0 radical (unpaired) electrons. The van der Waals surface area contributed by atoms with Crippen molar-refractivity contribution in [3.63, 3.8) is 0 Å². The van der Waals surface area contributed by atoms with Gasteiger partial charge in [0.1, 0.15) is 5.82 Å². The van der Waals surface area contributed by atoms with Crippen molar-refractivity contribution >= 4 is 15.9 Å². The molecule has 1 saturated heterocycles. The van der Waals surface area contributed by atoms with Gasteiger partial charge in [0, 0.05) is 18.4 Å². The van der Waals surface area contributed by atoms with Crippen LogP contribution in [-0.2, 0) is 26.0 Å². The number of aromatic nitrogens is 1. The molecule has 1 aromatic heterocycles. The van der Waals surface area contributed by atoms with E-state index in [4.69, 9.17) is 4.74 Å².